The van der Waals surface area contributed by atoms with E-state index in [1.54, 1.807) is 0 Å². The number of rotatable bonds is 7. The van der Waals surface area contributed by atoms with Gasteiger partial charge in [-0.3, -0.25) is 0 Å². The maximum Gasteiger partial charge on any atom is 0.0938 e. The maximum atomic E-state index is 7.38. The van der Waals surface area contributed by atoms with Gasteiger partial charge in [-0.25, -0.2) is 5.53 Å². The van der Waals surface area contributed by atoms with E-state index < -0.39 is 0 Å². The highest BCUT2D eigenvalue weighted by atomic mass is 127. The van der Waals surface area contributed by atoms with Crippen LogP contribution in [0.2, 0.25) is 0 Å². The fraction of sp³-hybridized carbons (Fsp3) is 0.500. The third-order valence-corrected chi connectivity index (χ3v) is 3.92. The summed E-state index contributed by atoms with van der Waals surface area (Å²) in [5.74, 6) is 0. The smallest absolute Gasteiger partial charge is 0.0938 e. The van der Waals surface area contributed by atoms with Crippen molar-refractivity contribution in [2.75, 3.05) is 6.54 Å². The summed E-state index contributed by atoms with van der Waals surface area (Å²) in [7, 11) is 0. The zero-order valence-electron chi connectivity index (χ0n) is 9.26. The Balaban J connectivity index is 2.49. The van der Waals surface area contributed by atoms with E-state index in [0.717, 1.165) is 13.9 Å². The first-order valence-corrected chi connectivity index (χ1v) is 7.16. The summed E-state index contributed by atoms with van der Waals surface area (Å²) in [6.07, 6.45) is 6.42. The molecule has 0 aromatic carbocycles. The van der Waals surface area contributed by atoms with Crippen LogP contribution in [0.5, 0.6) is 0 Å². The van der Waals surface area contributed by atoms with Gasteiger partial charge in [0.25, 0.3) is 0 Å². The van der Waals surface area contributed by atoms with Crippen LogP contribution in [-0.4, -0.2) is 18.8 Å². The Morgan fingerprint density at radius 1 is 1.53 bits per heavy atom. The molecular weight excluding hydrogens is 397 g/mol. The second kappa shape index (κ2) is 7.80. The predicted molar refractivity (Wildman–Crippen MR) is 80.8 cm³/mol. The standard InChI is InChI=1S/C10H15BrIN5/c11-10(17-8-2-1-3-8)7(4-13)5-15-9(12)6-16-14/h4,6,8,13-15,17H,1-3,5H2/b9-6-,10-7+,13-4?,16-14?. The van der Waals surface area contributed by atoms with Crippen molar-refractivity contribution >= 4 is 44.7 Å². The van der Waals surface area contributed by atoms with Crippen molar-refractivity contribution < 1.29 is 0 Å². The van der Waals surface area contributed by atoms with Crippen LogP contribution in [0.4, 0.5) is 0 Å². The average molecular weight is 412 g/mol. The van der Waals surface area contributed by atoms with E-state index in [1.165, 1.54) is 31.7 Å². The van der Waals surface area contributed by atoms with Gasteiger partial charge in [-0.1, -0.05) is 0 Å². The van der Waals surface area contributed by atoms with E-state index in [4.69, 9.17) is 10.9 Å². The molecule has 1 rings (SSSR count). The summed E-state index contributed by atoms with van der Waals surface area (Å²) in [6.45, 7) is 0.536. The van der Waals surface area contributed by atoms with Gasteiger partial charge < -0.3 is 16.0 Å². The zero-order valence-corrected chi connectivity index (χ0v) is 13.0. The third kappa shape index (κ3) is 5.15. The van der Waals surface area contributed by atoms with Gasteiger partial charge in [0.15, 0.2) is 0 Å². The van der Waals surface area contributed by atoms with E-state index in [9.17, 15) is 0 Å². The molecule has 0 heterocycles. The number of hydrogen-bond acceptors (Lipinski definition) is 5. The van der Waals surface area contributed by atoms with Crippen LogP contribution in [0.15, 0.2) is 25.2 Å². The van der Waals surface area contributed by atoms with Crippen LogP contribution in [0.25, 0.3) is 0 Å². The minimum atomic E-state index is 0.536. The molecule has 1 aliphatic carbocycles. The molecule has 5 nitrogen and oxygen atoms in total. The molecule has 0 aromatic rings. The first-order chi connectivity index (χ1) is 8.17. The van der Waals surface area contributed by atoms with Crippen LogP contribution < -0.4 is 10.6 Å². The normalized spacial score (nSPS) is 17.9. The Labute approximate surface area is 123 Å². The number of nitrogens with one attached hydrogen (secondary N) is 4. The highest BCUT2D eigenvalue weighted by molar-refractivity contribution is 14.1. The van der Waals surface area contributed by atoms with E-state index in [1.807, 2.05) is 0 Å². The first kappa shape index (κ1) is 14.6. The van der Waals surface area contributed by atoms with Crippen LogP contribution in [-0.2, 0) is 0 Å². The summed E-state index contributed by atoms with van der Waals surface area (Å²) >= 11 is 5.53. The molecule has 0 aromatic heterocycles. The van der Waals surface area contributed by atoms with Gasteiger partial charge in [0.2, 0.25) is 0 Å². The lowest BCUT2D eigenvalue weighted by molar-refractivity contribution is 0.370. The molecule has 4 N–H and O–H groups in total. The third-order valence-electron chi connectivity index (χ3n) is 2.52. The first-order valence-electron chi connectivity index (χ1n) is 5.29. The quantitative estimate of drug-likeness (QED) is 0.224. The second-order valence-electron chi connectivity index (χ2n) is 3.72. The summed E-state index contributed by atoms with van der Waals surface area (Å²) in [5.41, 5.74) is 7.55. The number of nitrogens with zero attached hydrogens (tertiary/aromatic N) is 1. The molecule has 0 radical (unpaired) electrons. The van der Waals surface area contributed by atoms with Gasteiger partial charge in [0, 0.05) is 24.4 Å². The number of hydrogen-bond donors (Lipinski definition) is 4. The Morgan fingerprint density at radius 2 is 2.24 bits per heavy atom. The van der Waals surface area contributed by atoms with Gasteiger partial charge in [0.05, 0.1) is 14.5 Å². The Morgan fingerprint density at radius 3 is 2.71 bits per heavy atom. The molecule has 94 valence electrons. The molecule has 0 atom stereocenters. The predicted octanol–water partition coefficient (Wildman–Crippen LogP) is 3.24. The summed E-state index contributed by atoms with van der Waals surface area (Å²) in [5, 5.41) is 17.0. The second-order valence-corrected chi connectivity index (χ2v) is 5.67. The Bertz CT molecular complexity index is 349. The molecule has 0 aliphatic heterocycles. The molecule has 0 unspecified atom stereocenters. The molecule has 1 saturated carbocycles. The molecular formula is C10H15BrIN5. The van der Waals surface area contributed by atoms with Gasteiger partial charge in [-0.15, -0.1) is 0 Å². The molecule has 17 heavy (non-hydrogen) atoms. The Kier molecular flexibility index (Phi) is 6.71. The zero-order chi connectivity index (χ0) is 12.7. The van der Waals surface area contributed by atoms with Crippen molar-refractivity contribution in [2.24, 2.45) is 5.11 Å². The maximum absolute atomic E-state index is 7.38. The molecule has 0 spiro atoms. The molecule has 1 fully saturated rings. The van der Waals surface area contributed by atoms with E-state index in [-0.39, 0.29) is 0 Å². The van der Waals surface area contributed by atoms with E-state index in [2.05, 4.69) is 54.3 Å². The van der Waals surface area contributed by atoms with Gasteiger partial charge >= 0.3 is 0 Å². The largest absolute Gasteiger partial charge is 0.376 e. The van der Waals surface area contributed by atoms with E-state index in [0.29, 0.717) is 12.6 Å². The number of halogens is 2. The van der Waals surface area contributed by atoms with Gasteiger partial charge in [0.1, 0.15) is 0 Å². The summed E-state index contributed by atoms with van der Waals surface area (Å²) < 4.78 is 1.65. The van der Waals surface area contributed by atoms with Crippen molar-refractivity contribution in [1.82, 2.24) is 10.6 Å². The fourth-order valence-electron chi connectivity index (χ4n) is 1.30. The lowest BCUT2D eigenvalue weighted by Gasteiger charge is -2.27. The summed E-state index contributed by atoms with van der Waals surface area (Å²) in [6, 6.07) is 0.539. The van der Waals surface area contributed by atoms with Gasteiger partial charge in [-0.2, -0.15) is 5.11 Å². The molecule has 0 amide bonds. The highest BCUT2D eigenvalue weighted by Gasteiger charge is 2.17. The molecule has 7 heteroatoms. The SMILES string of the molecule is N=C/C(CN/C(I)=C\N=N)=C(/Br)NC1CCC1. The van der Waals surface area contributed by atoms with Crippen molar-refractivity contribution in [3.05, 3.63) is 20.1 Å². The van der Waals surface area contributed by atoms with Crippen LogP contribution >= 0.6 is 38.5 Å². The van der Waals surface area contributed by atoms with Crippen LogP contribution in [0.3, 0.4) is 0 Å². The van der Waals surface area contributed by atoms with Crippen molar-refractivity contribution in [2.45, 2.75) is 25.3 Å². The van der Waals surface area contributed by atoms with E-state index >= 15 is 0 Å². The molecule has 0 bridgehead atoms. The monoisotopic (exact) mass is 411 g/mol. The molecule has 0 saturated heterocycles. The van der Waals surface area contributed by atoms with Crippen LogP contribution in [0, 0.1) is 10.9 Å². The topological polar surface area (TPSA) is 84.1 Å². The Hall–Kier alpha value is -0.440. The minimum Gasteiger partial charge on any atom is -0.376 e. The van der Waals surface area contributed by atoms with Crippen LogP contribution in [0.1, 0.15) is 19.3 Å². The highest BCUT2D eigenvalue weighted by Crippen LogP contribution is 2.21. The lowest BCUT2D eigenvalue weighted by Crippen LogP contribution is -2.34. The summed E-state index contributed by atoms with van der Waals surface area (Å²) in [4.78, 5) is 0. The van der Waals surface area contributed by atoms with Crippen molar-refractivity contribution in [3.8, 4) is 0 Å². The fourth-order valence-corrected chi connectivity index (χ4v) is 2.21. The van der Waals surface area contributed by atoms with Crippen molar-refractivity contribution in [3.63, 3.8) is 0 Å². The lowest BCUT2D eigenvalue weighted by atomic mass is 9.93. The minimum absolute atomic E-state index is 0.536. The van der Waals surface area contributed by atoms with Crippen molar-refractivity contribution in [1.29, 1.82) is 10.9 Å². The molecule has 1 aliphatic rings. The van der Waals surface area contributed by atoms with Gasteiger partial charge in [-0.05, 0) is 57.8 Å². The average Bonchev–Trinajstić information content (AvgIpc) is 2.24.